The monoisotopic (exact) mass is 588 g/mol. The van der Waals surface area contributed by atoms with Gasteiger partial charge in [0.25, 0.3) is 0 Å². The number of nitrogens with zero attached hydrogens (tertiary/aromatic N) is 1. The Kier molecular flexibility index (Phi) is 9.20. The summed E-state index contributed by atoms with van der Waals surface area (Å²) in [6.45, 7) is 4.42. The van der Waals surface area contributed by atoms with Crippen LogP contribution in [0.15, 0.2) is 59.5 Å². The average molecular weight is 589 g/mol. The van der Waals surface area contributed by atoms with E-state index in [0.717, 1.165) is 12.0 Å². The summed E-state index contributed by atoms with van der Waals surface area (Å²) in [6, 6.07) is 14.8. The van der Waals surface area contributed by atoms with Crippen LogP contribution >= 0.6 is 0 Å². The summed E-state index contributed by atoms with van der Waals surface area (Å²) in [6.07, 6.45) is -0.918. The first-order chi connectivity index (χ1) is 19.6. The van der Waals surface area contributed by atoms with E-state index < -0.39 is 34.4 Å². The van der Waals surface area contributed by atoms with E-state index >= 15 is 0 Å². The van der Waals surface area contributed by atoms with Gasteiger partial charge in [-0.2, -0.15) is 4.31 Å². The molecule has 2 unspecified atom stereocenters. The maximum atomic E-state index is 13.6. The van der Waals surface area contributed by atoms with Gasteiger partial charge in [-0.05, 0) is 60.9 Å². The number of aliphatic hydroxyl groups is 1. The second kappa shape index (κ2) is 12.7. The Morgan fingerprint density at radius 1 is 1.10 bits per heavy atom. The smallest absolute Gasteiger partial charge is 0.407 e. The summed E-state index contributed by atoms with van der Waals surface area (Å²) in [5.41, 5.74) is 0.888. The number of carbonyl (C=O) groups excluding carboxylic acids is 1. The molecule has 224 valence electrons. The molecule has 1 saturated carbocycles. The molecule has 10 nitrogen and oxygen atoms in total. The zero-order valence-corrected chi connectivity index (χ0v) is 24.5. The van der Waals surface area contributed by atoms with Gasteiger partial charge in [-0.15, -0.1) is 0 Å². The lowest BCUT2D eigenvalue weighted by Crippen LogP contribution is -2.52. The van der Waals surface area contributed by atoms with Crippen LogP contribution in [0.4, 0.5) is 4.79 Å². The second-order valence-corrected chi connectivity index (χ2v) is 13.6. The summed E-state index contributed by atoms with van der Waals surface area (Å²) in [7, 11) is -2.43. The minimum Gasteiger partial charge on any atom is -0.497 e. The molecule has 2 heterocycles. The van der Waals surface area contributed by atoms with Crippen molar-refractivity contribution in [3.05, 3.63) is 60.2 Å². The van der Waals surface area contributed by atoms with Crippen LogP contribution in [0.2, 0.25) is 0 Å². The molecule has 3 aliphatic rings. The molecule has 2 N–H and O–H groups in total. The molecular formula is C30H40N2O8S. The SMILES string of the molecule is COc1ccc(S(=O)(=O)N(CC(C)C)C[C@@H](O)[C@H](Cc2ccccc2)NC(=O)OC2C[C@@H]3CO[C@@H]4OC2C[C@H]34)cc1. The van der Waals surface area contributed by atoms with E-state index in [9.17, 15) is 18.3 Å². The number of alkyl carbamates (subject to hydrolysis) is 1. The van der Waals surface area contributed by atoms with Crippen LogP contribution in [-0.2, 0) is 30.7 Å². The van der Waals surface area contributed by atoms with Gasteiger partial charge >= 0.3 is 6.09 Å². The van der Waals surface area contributed by atoms with Crippen molar-refractivity contribution in [1.82, 2.24) is 9.62 Å². The third-order valence-corrected chi connectivity index (χ3v) is 10.0. The predicted octanol–water partition coefficient (Wildman–Crippen LogP) is 3.19. The van der Waals surface area contributed by atoms with E-state index in [1.807, 2.05) is 44.2 Å². The Bertz CT molecular complexity index is 1270. The fraction of sp³-hybridized carbons (Fsp3) is 0.567. The highest BCUT2D eigenvalue weighted by Gasteiger charge is 2.54. The lowest BCUT2D eigenvalue weighted by atomic mass is 9.80. The zero-order valence-electron chi connectivity index (χ0n) is 23.7. The molecule has 3 fully saturated rings. The number of rotatable bonds is 12. The Morgan fingerprint density at radius 3 is 2.51 bits per heavy atom. The van der Waals surface area contributed by atoms with Crippen molar-refractivity contribution in [2.75, 3.05) is 26.8 Å². The van der Waals surface area contributed by atoms with Crippen LogP contribution < -0.4 is 10.1 Å². The molecule has 1 amide bonds. The van der Waals surface area contributed by atoms with Crippen molar-refractivity contribution < 1.29 is 37.3 Å². The van der Waals surface area contributed by atoms with Gasteiger partial charge in [0.05, 0.1) is 36.9 Å². The van der Waals surface area contributed by atoms with Crippen LogP contribution in [0, 0.1) is 17.8 Å². The fourth-order valence-corrected chi connectivity index (χ4v) is 7.69. The van der Waals surface area contributed by atoms with Gasteiger partial charge in [0.15, 0.2) is 6.29 Å². The van der Waals surface area contributed by atoms with Crippen molar-refractivity contribution in [1.29, 1.82) is 0 Å². The quantitative estimate of drug-likeness (QED) is 0.388. The second-order valence-electron chi connectivity index (χ2n) is 11.6. The Morgan fingerprint density at radius 2 is 1.83 bits per heavy atom. The lowest BCUT2D eigenvalue weighted by Gasteiger charge is -2.33. The molecule has 2 saturated heterocycles. The number of nitrogens with one attached hydrogen (secondary N) is 1. The summed E-state index contributed by atoms with van der Waals surface area (Å²) in [5.74, 6) is 1.20. The van der Waals surface area contributed by atoms with Gasteiger partial charge in [0, 0.05) is 19.0 Å². The molecular weight excluding hydrogens is 548 g/mol. The average Bonchev–Trinajstić information content (AvgIpc) is 3.51. The Balaban J connectivity index is 1.31. The van der Waals surface area contributed by atoms with Crippen LogP contribution in [0.3, 0.4) is 0 Å². The van der Waals surface area contributed by atoms with Gasteiger partial charge < -0.3 is 29.4 Å². The van der Waals surface area contributed by atoms with E-state index in [1.165, 1.54) is 23.5 Å². The Hall–Kier alpha value is -2.70. The molecule has 41 heavy (non-hydrogen) atoms. The Labute approximate surface area is 242 Å². The van der Waals surface area contributed by atoms with Crippen LogP contribution in [-0.4, -0.2) is 81.4 Å². The molecule has 2 aromatic rings. The highest BCUT2D eigenvalue weighted by atomic mass is 32.2. The molecule has 5 rings (SSSR count). The largest absolute Gasteiger partial charge is 0.497 e. The first kappa shape index (κ1) is 29.8. The van der Waals surface area contributed by atoms with Gasteiger partial charge in [-0.1, -0.05) is 44.2 Å². The van der Waals surface area contributed by atoms with Crippen molar-refractivity contribution in [3.63, 3.8) is 0 Å². The van der Waals surface area contributed by atoms with E-state index in [4.69, 9.17) is 18.9 Å². The molecule has 7 atom stereocenters. The maximum absolute atomic E-state index is 13.6. The number of ether oxygens (including phenoxy) is 4. The van der Waals surface area contributed by atoms with E-state index in [0.29, 0.717) is 37.0 Å². The fourth-order valence-electron chi connectivity index (χ4n) is 6.07. The summed E-state index contributed by atoms with van der Waals surface area (Å²) < 4.78 is 51.2. The summed E-state index contributed by atoms with van der Waals surface area (Å²) in [4.78, 5) is 13.3. The molecule has 0 radical (unpaired) electrons. The summed E-state index contributed by atoms with van der Waals surface area (Å²) in [5, 5.41) is 14.3. The molecule has 0 aromatic heterocycles. The number of hydrogen-bond donors (Lipinski definition) is 2. The molecule has 11 heteroatoms. The van der Waals surface area contributed by atoms with E-state index in [-0.39, 0.29) is 36.3 Å². The molecule has 1 aliphatic carbocycles. The number of sulfonamides is 1. The van der Waals surface area contributed by atoms with Gasteiger partial charge in [-0.25, -0.2) is 13.2 Å². The van der Waals surface area contributed by atoms with Gasteiger partial charge in [-0.3, -0.25) is 0 Å². The minimum absolute atomic E-state index is 0.00146. The van der Waals surface area contributed by atoms with Crippen LogP contribution in [0.1, 0.15) is 32.3 Å². The number of fused-ring (bicyclic) bond motifs is 1. The van der Waals surface area contributed by atoms with Crippen LogP contribution in [0.25, 0.3) is 0 Å². The number of methoxy groups -OCH3 is 1. The third-order valence-electron chi connectivity index (χ3n) is 8.17. The standard InChI is InChI=1S/C30H40N2O8S/c1-19(2)16-32(41(35,36)23-11-9-22(37-3)10-12-23)17-26(33)25(13-20-7-5-4-6-8-20)31-30(34)40-27-14-21-18-38-29-24(21)15-28(27)39-29/h4-12,19,21,24-29,33H,13-18H2,1-3H3,(H,31,34)/t21-,24-,25+,26-,27?,28?,29-/m1/s1. The zero-order chi connectivity index (χ0) is 29.1. The lowest BCUT2D eigenvalue weighted by molar-refractivity contribution is -0.147. The number of carbonyl (C=O) groups is 1. The first-order valence-electron chi connectivity index (χ1n) is 14.2. The highest BCUT2D eigenvalue weighted by Crippen LogP contribution is 2.47. The summed E-state index contributed by atoms with van der Waals surface area (Å²) >= 11 is 0. The van der Waals surface area contributed by atoms with Crippen molar-refractivity contribution in [3.8, 4) is 5.75 Å². The highest BCUT2D eigenvalue weighted by molar-refractivity contribution is 7.89. The van der Waals surface area contributed by atoms with Crippen molar-refractivity contribution in [2.24, 2.45) is 17.8 Å². The van der Waals surface area contributed by atoms with E-state index in [2.05, 4.69) is 5.32 Å². The number of aliphatic hydroxyl groups excluding tert-OH is 1. The van der Waals surface area contributed by atoms with Gasteiger partial charge in [0.1, 0.15) is 11.9 Å². The van der Waals surface area contributed by atoms with Crippen molar-refractivity contribution >= 4 is 16.1 Å². The van der Waals surface area contributed by atoms with E-state index in [1.54, 1.807) is 12.1 Å². The third kappa shape index (κ3) is 6.86. The topological polar surface area (TPSA) is 124 Å². The first-order valence-corrected chi connectivity index (χ1v) is 15.7. The molecule has 0 spiro atoms. The normalized spacial score (nSPS) is 26.6. The van der Waals surface area contributed by atoms with Crippen LogP contribution in [0.5, 0.6) is 5.75 Å². The maximum Gasteiger partial charge on any atom is 0.407 e. The minimum atomic E-state index is -3.94. The number of hydrogen-bond acceptors (Lipinski definition) is 8. The predicted molar refractivity (Wildman–Crippen MR) is 151 cm³/mol. The molecule has 2 bridgehead atoms. The number of benzene rings is 2. The molecule has 2 aromatic carbocycles. The molecule has 2 aliphatic heterocycles. The number of amides is 1. The van der Waals surface area contributed by atoms with Crippen molar-refractivity contribution in [2.45, 2.75) is 68.6 Å². The van der Waals surface area contributed by atoms with Gasteiger partial charge in [0.2, 0.25) is 10.0 Å².